The molecule has 0 aliphatic heterocycles. The summed E-state index contributed by atoms with van der Waals surface area (Å²) in [5.41, 5.74) is 2.65. The number of thioether (sulfide) groups is 1. The Bertz CT molecular complexity index is 395. The summed E-state index contributed by atoms with van der Waals surface area (Å²) in [5.74, 6) is 2.03. The molecule has 0 bridgehead atoms. The molecule has 0 saturated heterocycles. The Kier molecular flexibility index (Phi) is 8.08. The van der Waals surface area contributed by atoms with Gasteiger partial charge in [0, 0.05) is 22.6 Å². The predicted molar refractivity (Wildman–Crippen MR) is 90.8 cm³/mol. The third-order valence-corrected chi connectivity index (χ3v) is 4.98. The minimum atomic E-state index is 0.396. The van der Waals surface area contributed by atoms with Crippen molar-refractivity contribution in [2.75, 3.05) is 13.7 Å². The summed E-state index contributed by atoms with van der Waals surface area (Å²) in [6, 6.07) is 6.96. The lowest BCUT2D eigenvalue weighted by Gasteiger charge is -2.17. The minimum Gasteiger partial charge on any atom is -0.496 e. The van der Waals surface area contributed by atoms with Crippen molar-refractivity contribution < 1.29 is 4.74 Å². The van der Waals surface area contributed by atoms with Gasteiger partial charge in [-0.1, -0.05) is 26.8 Å². The highest BCUT2D eigenvalue weighted by Crippen LogP contribution is 2.29. The van der Waals surface area contributed by atoms with Crippen molar-refractivity contribution in [1.29, 1.82) is 0 Å². The number of methoxy groups -OCH3 is 1. The smallest absolute Gasteiger partial charge is 0.122 e. The van der Waals surface area contributed by atoms with Crippen LogP contribution in [0.4, 0.5) is 0 Å². The molecule has 114 valence electrons. The first-order chi connectivity index (χ1) is 9.62. The lowest BCUT2D eigenvalue weighted by Crippen LogP contribution is -2.19. The van der Waals surface area contributed by atoms with E-state index in [1.54, 1.807) is 7.11 Å². The summed E-state index contributed by atoms with van der Waals surface area (Å²) >= 11 is 2.00. The van der Waals surface area contributed by atoms with Crippen LogP contribution in [-0.2, 0) is 5.75 Å². The largest absolute Gasteiger partial charge is 0.496 e. The summed E-state index contributed by atoms with van der Waals surface area (Å²) in [5, 5.41) is 4.24. The van der Waals surface area contributed by atoms with Gasteiger partial charge in [0.1, 0.15) is 5.75 Å². The average Bonchev–Trinajstić information content (AvgIpc) is 2.49. The van der Waals surface area contributed by atoms with Crippen LogP contribution in [-0.4, -0.2) is 18.9 Å². The van der Waals surface area contributed by atoms with Gasteiger partial charge in [-0.3, -0.25) is 0 Å². The van der Waals surface area contributed by atoms with Crippen LogP contribution in [0.5, 0.6) is 5.75 Å². The lowest BCUT2D eigenvalue weighted by atomic mass is 10.0. The maximum absolute atomic E-state index is 5.49. The molecule has 3 heteroatoms. The molecule has 1 N–H and O–H groups in total. The van der Waals surface area contributed by atoms with Crippen molar-refractivity contribution in [3.05, 3.63) is 29.3 Å². The standard InChI is InChI=1S/C17H29NOS/c1-6-10-18-14(4)15-8-9-17(19-5)16(11-15)12-20-13(3)7-2/h8-9,11,13-14,18H,6-7,10,12H2,1-5H3. The average molecular weight is 295 g/mol. The normalized spacial score (nSPS) is 14.1. The molecule has 0 spiro atoms. The summed E-state index contributed by atoms with van der Waals surface area (Å²) < 4.78 is 5.49. The Morgan fingerprint density at radius 3 is 2.60 bits per heavy atom. The van der Waals surface area contributed by atoms with Crippen LogP contribution >= 0.6 is 11.8 Å². The van der Waals surface area contributed by atoms with E-state index in [1.807, 2.05) is 11.8 Å². The Labute approximate surface area is 128 Å². The van der Waals surface area contributed by atoms with Crippen LogP contribution < -0.4 is 10.1 Å². The van der Waals surface area contributed by atoms with Crippen LogP contribution in [0.25, 0.3) is 0 Å². The molecule has 20 heavy (non-hydrogen) atoms. The minimum absolute atomic E-state index is 0.396. The SMILES string of the molecule is CCCNC(C)c1ccc(OC)c(CSC(C)CC)c1. The van der Waals surface area contributed by atoms with Gasteiger partial charge in [-0.25, -0.2) is 0 Å². The fourth-order valence-corrected chi connectivity index (χ4v) is 2.93. The fraction of sp³-hybridized carbons (Fsp3) is 0.647. The van der Waals surface area contributed by atoms with Crippen LogP contribution in [0.15, 0.2) is 18.2 Å². The molecule has 2 atom stereocenters. The number of rotatable bonds is 9. The molecule has 0 aliphatic rings. The van der Waals surface area contributed by atoms with Crippen LogP contribution in [0, 0.1) is 0 Å². The molecule has 1 aromatic carbocycles. The Hall–Kier alpha value is -0.670. The van der Waals surface area contributed by atoms with E-state index in [0.29, 0.717) is 11.3 Å². The highest BCUT2D eigenvalue weighted by Gasteiger charge is 2.10. The quantitative estimate of drug-likeness (QED) is 0.708. The predicted octanol–water partition coefficient (Wildman–Crippen LogP) is 4.79. The molecule has 0 amide bonds. The summed E-state index contributed by atoms with van der Waals surface area (Å²) in [6.07, 6.45) is 2.37. The number of nitrogens with one attached hydrogen (secondary N) is 1. The molecule has 0 aromatic heterocycles. The molecule has 0 aliphatic carbocycles. The van der Waals surface area contributed by atoms with E-state index in [1.165, 1.54) is 17.5 Å². The molecule has 0 radical (unpaired) electrons. The van der Waals surface area contributed by atoms with Crippen LogP contribution in [0.1, 0.15) is 57.7 Å². The second kappa shape index (κ2) is 9.30. The summed E-state index contributed by atoms with van der Waals surface area (Å²) in [7, 11) is 1.76. The van der Waals surface area contributed by atoms with Gasteiger partial charge < -0.3 is 10.1 Å². The Morgan fingerprint density at radius 1 is 1.25 bits per heavy atom. The monoisotopic (exact) mass is 295 g/mol. The second-order valence-electron chi connectivity index (χ2n) is 5.28. The van der Waals surface area contributed by atoms with Gasteiger partial charge in [-0.15, -0.1) is 0 Å². The van der Waals surface area contributed by atoms with Gasteiger partial charge >= 0.3 is 0 Å². The van der Waals surface area contributed by atoms with Crippen molar-refractivity contribution in [2.45, 2.75) is 57.6 Å². The zero-order valence-electron chi connectivity index (χ0n) is 13.5. The molecular formula is C17H29NOS. The topological polar surface area (TPSA) is 21.3 Å². The molecule has 2 unspecified atom stereocenters. The highest BCUT2D eigenvalue weighted by molar-refractivity contribution is 7.99. The molecular weight excluding hydrogens is 266 g/mol. The number of hydrogen-bond acceptors (Lipinski definition) is 3. The van der Waals surface area contributed by atoms with Gasteiger partial charge in [-0.2, -0.15) is 11.8 Å². The van der Waals surface area contributed by atoms with Crippen molar-refractivity contribution in [2.24, 2.45) is 0 Å². The first kappa shape index (κ1) is 17.4. The van der Waals surface area contributed by atoms with Gasteiger partial charge in [0.15, 0.2) is 0 Å². The lowest BCUT2D eigenvalue weighted by molar-refractivity contribution is 0.411. The van der Waals surface area contributed by atoms with Gasteiger partial charge in [0.25, 0.3) is 0 Å². The van der Waals surface area contributed by atoms with E-state index >= 15 is 0 Å². The van der Waals surface area contributed by atoms with E-state index < -0.39 is 0 Å². The zero-order valence-corrected chi connectivity index (χ0v) is 14.3. The van der Waals surface area contributed by atoms with Gasteiger partial charge in [0.05, 0.1) is 7.11 Å². The first-order valence-corrected chi connectivity index (χ1v) is 8.69. The van der Waals surface area contributed by atoms with E-state index in [0.717, 1.165) is 24.5 Å². The molecule has 0 fully saturated rings. The van der Waals surface area contributed by atoms with Crippen LogP contribution in [0.3, 0.4) is 0 Å². The summed E-state index contributed by atoms with van der Waals surface area (Å²) in [6.45, 7) is 10.0. The van der Waals surface area contributed by atoms with Crippen molar-refractivity contribution in [3.8, 4) is 5.75 Å². The van der Waals surface area contributed by atoms with E-state index in [2.05, 4.69) is 51.2 Å². The van der Waals surface area contributed by atoms with E-state index in [9.17, 15) is 0 Å². The third-order valence-electron chi connectivity index (χ3n) is 3.60. The van der Waals surface area contributed by atoms with Gasteiger partial charge in [0.2, 0.25) is 0 Å². The number of benzene rings is 1. The molecule has 0 heterocycles. The summed E-state index contributed by atoms with van der Waals surface area (Å²) in [4.78, 5) is 0. The number of hydrogen-bond donors (Lipinski definition) is 1. The van der Waals surface area contributed by atoms with Gasteiger partial charge in [-0.05, 0) is 44.0 Å². The van der Waals surface area contributed by atoms with Crippen molar-refractivity contribution in [3.63, 3.8) is 0 Å². The Morgan fingerprint density at radius 2 is 2.00 bits per heavy atom. The highest BCUT2D eigenvalue weighted by atomic mass is 32.2. The maximum atomic E-state index is 5.49. The molecule has 2 nitrogen and oxygen atoms in total. The van der Waals surface area contributed by atoms with E-state index in [4.69, 9.17) is 4.74 Å². The Balaban J connectivity index is 2.79. The van der Waals surface area contributed by atoms with E-state index in [-0.39, 0.29) is 0 Å². The maximum Gasteiger partial charge on any atom is 0.122 e. The molecule has 1 aromatic rings. The molecule has 1 rings (SSSR count). The van der Waals surface area contributed by atoms with Crippen molar-refractivity contribution in [1.82, 2.24) is 5.32 Å². The molecule has 0 saturated carbocycles. The number of ether oxygens (including phenoxy) is 1. The first-order valence-electron chi connectivity index (χ1n) is 7.64. The fourth-order valence-electron chi connectivity index (χ4n) is 2.01. The van der Waals surface area contributed by atoms with Crippen molar-refractivity contribution >= 4 is 11.8 Å². The zero-order chi connectivity index (χ0) is 15.0. The third kappa shape index (κ3) is 5.37. The second-order valence-corrected chi connectivity index (χ2v) is 6.70. The van der Waals surface area contributed by atoms with Crippen LogP contribution in [0.2, 0.25) is 0 Å².